The van der Waals surface area contributed by atoms with Crippen LogP contribution in [0.1, 0.15) is 41.6 Å². The second-order valence-electron chi connectivity index (χ2n) is 5.33. The molecule has 7 heteroatoms. The van der Waals surface area contributed by atoms with E-state index in [1.165, 1.54) is 19.3 Å². The molecule has 0 saturated carbocycles. The number of ether oxygens (including phenoxy) is 1. The van der Waals surface area contributed by atoms with Gasteiger partial charge in [-0.2, -0.15) is 0 Å². The number of nitrogens with one attached hydrogen (secondary N) is 1. The van der Waals surface area contributed by atoms with E-state index in [1.807, 2.05) is 0 Å². The number of rotatable bonds is 5. The number of hydrogen-bond acceptors (Lipinski definition) is 4. The van der Waals surface area contributed by atoms with Gasteiger partial charge >= 0.3 is 5.97 Å². The van der Waals surface area contributed by atoms with Crippen molar-refractivity contribution in [1.29, 1.82) is 0 Å². The summed E-state index contributed by atoms with van der Waals surface area (Å²) in [5.74, 6) is -0.599. The van der Waals surface area contributed by atoms with Crippen LogP contribution in [0.4, 0.5) is 0 Å². The molecular weight excluding hydrogens is 353 g/mol. The summed E-state index contributed by atoms with van der Waals surface area (Å²) in [5, 5.41) is 3.72. The van der Waals surface area contributed by atoms with Gasteiger partial charge in [-0.3, -0.25) is 4.79 Å². The van der Waals surface area contributed by atoms with E-state index in [-0.39, 0.29) is 6.04 Å². The van der Waals surface area contributed by atoms with Gasteiger partial charge in [-0.15, -0.1) is 0 Å². The first kappa shape index (κ1) is 18.4. The summed E-state index contributed by atoms with van der Waals surface area (Å²) >= 11 is 12.0. The third-order valence-electron chi connectivity index (χ3n) is 3.52. The highest BCUT2D eigenvalue weighted by atomic mass is 35.5. The fourth-order valence-corrected chi connectivity index (χ4v) is 2.71. The van der Waals surface area contributed by atoms with Gasteiger partial charge in [0.2, 0.25) is 0 Å². The van der Waals surface area contributed by atoms with Crippen molar-refractivity contribution in [2.75, 3.05) is 0 Å². The topological polar surface area (TPSA) is 68.5 Å². The average Bonchev–Trinajstić information content (AvgIpc) is 2.93. The lowest BCUT2D eigenvalue weighted by Gasteiger charge is -2.19. The first-order valence-corrected chi connectivity index (χ1v) is 8.05. The van der Waals surface area contributed by atoms with E-state index >= 15 is 0 Å². The summed E-state index contributed by atoms with van der Waals surface area (Å²) in [6, 6.07) is 6.17. The van der Waals surface area contributed by atoms with Gasteiger partial charge in [0.25, 0.3) is 5.91 Å². The van der Waals surface area contributed by atoms with Gasteiger partial charge in [0.05, 0.1) is 12.3 Å². The molecule has 2 atom stereocenters. The van der Waals surface area contributed by atoms with Crippen molar-refractivity contribution in [3.8, 4) is 0 Å². The monoisotopic (exact) mass is 369 g/mol. The molecule has 128 valence electrons. The molecule has 0 unspecified atom stereocenters. The number of carbonyl (C=O) groups excluding carboxylic acids is 2. The zero-order valence-corrected chi connectivity index (χ0v) is 14.9. The second kappa shape index (κ2) is 7.73. The lowest BCUT2D eigenvalue weighted by Crippen LogP contribution is -2.37. The van der Waals surface area contributed by atoms with Gasteiger partial charge in [0.15, 0.2) is 6.10 Å². The minimum absolute atomic E-state index is 0.295. The number of halogens is 2. The summed E-state index contributed by atoms with van der Waals surface area (Å²) in [6.07, 6.45) is 0.432. The molecular formula is C17H17Cl2NO4. The number of furan rings is 1. The molecule has 0 aliphatic carbocycles. The molecule has 1 amide bonds. The Labute approximate surface area is 149 Å². The van der Waals surface area contributed by atoms with E-state index in [0.29, 0.717) is 21.4 Å². The SMILES string of the molecule is Cc1occc1C(=O)O[C@@H](C)C(=O)N[C@H](C)c1ccc(Cl)cc1Cl. The highest BCUT2D eigenvalue weighted by Gasteiger charge is 2.23. The summed E-state index contributed by atoms with van der Waals surface area (Å²) in [5.41, 5.74) is 1.02. The summed E-state index contributed by atoms with van der Waals surface area (Å²) in [7, 11) is 0. The predicted molar refractivity (Wildman–Crippen MR) is 91.3 cm³/mol. The van der Waals surface area contributed by atoms with Crippen molar-refractivity contribution < 1.29 is 18.7 Å². The van der Waals surface area contributed by atoms with Crippen LogP contribution in [-0.4, -0.2) is 18.0 Å². The molecule has 1 aromatic heterocycles. The molecule has 1 aromatic carbocycles. The Morgan fingerprint density at radius 1 is 1.21 bits per heavy atom. The number of benzene rings is 1. The minimum Gasteiger partial charge on any atom is -0.469 e. The van der Waals surface area contributed by atoms with Crippen LogP contribution >= 0.6 is 23.2 Å². The number of hydrogen-bond donors (Lipinski definition) is 1. The Kier molecular flexibility index (Phi) is 5.91. The maximum atomic E-state index is 12.2. The first-order valence-electron chi connectivity index (χ1n) is 7.30. The van der Waals surface area contributed by atoms with Crippen LogP contribution in [0.3, 0.4) is 0 Å². The van der Waals surface area contributed by atoms with Gasteiger partial charge in [-0.25, -0.2) is 4.79 Å². The van der Waals surface area contributed by atoms with E-state index in [4.69, 9.17) is 32.4 Å². The highest BCUT2D eigenvalue weighted by molar-refractivity contribution is 6.35. The largest absolute Gasteiger partial charge is 0.469 e. The normalized spacial score (nSPS) is 13.2. The van der Waals surface area contributed by atoms with E-state index in [1.54, 1.807) is 32.0 Å². The zero-order chi connectivity index (χ0) is 17.9. The Bertz CT molecular complexity index is 757. The fraction of sp³-hybridized carbons (Fsp3) is 0.294. The molecule has 0 spiro atoms. The van der Waals surface area contributed by atoms with E-state index in [2.05, 4.69) is 5.32 Å². The summed E-state index contributed by atoms with van der Waals surface area (Å²) < 4.78 is 10.2. The Morgan fingerprint density at radius 2 is 1.92 bits per heavy atom. The lowest BCUT2D eigenvalue weighted by molar-refractivity contribution is -0.129. The quantitative estimate of drug-likeness (QED) is 0.796. The van der Waals surface area contributed by atoms with Crippen molar-refractivity contribution in [1.82, 2.24) is 5.32 Å². The zero-order valence-electron chi connectivity index (χ0n) is 13.4. The molecule has 2 rings (SSSR count). The van der Waals surface area contributed by atoms with Crippen molar-refractivity contribution in [3.63, 3.8) is 0 Å². The van der Waals surface area contributed by atoms with Gasteiger partial charge in [0.1, 0.15) is 11.3 Å². The van der Waals surface area contributed by atoms with Crippen LogP contribution in [0.5, 0.6) is 0 Å². The third-order valence-corrected chi connectivity index (χ3v) is 4.08. The Hall–Kier alpha value is -1.98. The van der Waals surface area contributed by atoms with Crippen LogP contribution in [0, 0.1) is 6.92 Å². The molecule has 2 aromatic rings. The van der Waals surface area contributed by atoms with Crippen LogP contribution in [0.15, 0.2) is 34.9 Å². The smallest absolute Gasteiger partial charge is 0.342 e. The third kappa shape index (κ3) is 4.30. The minimum atomic E-state index is -0.958. The maximum Gasteiger partial charge on any atom is 0.342 e. The molecule has 1 N–H and O–H groups in total. The molecule has 0 aliphatic rings. The fourth-order valence-electron chi connectivity index (χ4n) is 2.14. The molecule has 1 heterocycles. The van der Waals surface area contributed by atoms with Gasteiger partial charge in [-0.05, 0) is 44.5 Å². The standard InChI is InChI=1S/C17H17Cl2NO4/c1-9(13-5-4-12(18)8-15(13)19)20-16(21)11(3)24-17(22)14-6-7-23-10(14)2/h4-9,11H,1-3H3,(H,20,21)/t9-,11+/m1/s1. The Morgan fingerprint density at radius 3 is 2.50 bits per heavy atom. The Balaban J connectivity index is 1.98. The van der Waals surface area contributed by atoms with E-state index in [9.17, 15) is 9.59 Å². The molecule has 24 heavy (non-hydrogen) atoms. The van der Waals surface area contributed by atoms with Crippen molar-refractivity contribution in [3.05, 3.63) is 57.5 Å². The number of carbonyl (C=O) groups is 2. The maximum absolute atomic E-state index is 12.2. The van der Waals surface area contributed by atoms with E-state index in [0.717, 1.165) is 5.56 Å². The van der Waals surface area contributed by atoms with Gasteiger partial charge in [0, 0.05) is 10.0 Å². The number of amides is 1. The van der Waals surface area contributed by atoms with Crippen molar-refractivity contribution >= 4 is 35.1 Å². The predicted octanol–water partition coefficient (Wildman–Crippen LogP) is 4.32. The van der Waals surface area contributed by atoms with Crippen LogP contribution in [-0.2, 0) is 9.53 Å². The summed E-state index contributed by atoms with van der Waals surface area (Å²) in [6.45, 7) is 4.92. The van der Waals surface area contributed by atoms with Crippen LogP contribution in [0.2, 0.25) is 10.0 Å². The van der Waals surface area contributed by atoms with E-state index < -0.39 is 18.0 Å². The lowest BCUT2D eigenvalue weighted by atomic mass is 10.1. The van der Waals surface area contributed by atoms with Gasteiger partial charge < -0.3 is 14.5 Å². The van der Waals surface area contributed by atoms with Crippen molar-refractivity contribution in [2.24, 2.45) is 0 Å². The molecule has 0 radical (unpaired) electrons. The van der Waals surface area contributed by atoms with Crippen LogP contribution < -0.4 is 5.32 Å². The molecule has 0 bridgehead atoms. The molecule has 0 aliphatic heterocycles. The average molecular weight is 370 g/mol. The number of aryl methyl sites for hydroxylation is 1. The molecule has 0 fully saturated rings. The second-order valence-corrected chi connectivity index (χ2v) is 6.18. The molecule has 5 nitrogen and oxygen atoms in total. The molecule has 0 saturated heterocycles. The number of esters is 1. The van der Waals surface area contributed by atoms with Crippen LogP contribution in [0.25, 0.3) is 0 Å². The summed E-state index contributed by atoms with van der Waals surface area (Å²) in [4.78, 5) is 24.2. The van der Waals surface area contributed by atoms with Crippen molar-refractivity contribution in [2.45, 2.75) is 32.9 Å². The highest BCUT2D eigenvalue weighted by Crippen LogP contribution is 2.26. The first-order chi connectivity index (χ1) is 11.3. The van der Waals surface area contributed by atoms with Gasteiger partial charge in [-0.1, -0.05) is 29.3 Å².